The van der Waals surface area contributed by atoms with E-state index in [0.29, 0.717) is 10.6 Å². The van der Waals surface area contributed by atoms with Crippen molar-refractivity contribution in [1.82, 2.24) is 10.0 Å². The normalized spacial score (nSPS) is 13.9. The van der Waals surface area contributed by atoms with Crippen LogP contribution in [-0.4, -0.2) is 27.8 Å². The summed E-state index contributed by atoms with van der Waals surface area (Å²) >= 11 is 0. The molecule has 0 saturated carbocycles. The Balaban J connectivity index is 1.63. The SMILES string of the molecule is CCc1cc(C(=O)ON2C(=O)CCC2=O)ccc1CSSc1ccccn1. The van der Waals surface area contributed by atoms with E-state index in [1.807, 2.05) is 31.2 Å². The fourth-order valence-electron chi connectivity index (χ4n) is 2.57. The van der Waals surface area contributed by atoms with Crippen molar-refractivity contribution in [2.75, 3.05) is 0 Å². The molecular formula is C19H18N2O4S2. The van der Waals surface area contributed by atoms with Crippen molar-refractivity contribution in [3.8, 4) is 0 Å². The Bertz CT molecular complexity index is 842. The van der Waals surface area contributed by atoms with Crippen LogP contribution in [-0.2, 0) is 26.6 Å². The molecule has 2 amide bonds. The first-order valence-corrected chi connectivity index (χ1v) is 10.8. The molecule has 27 heavy (non-hydrogen) atoms. The van der Waals surface area contributed by atoms with Crippen LogP contribution in [0.1, 0.15) is 41.3 Å². The molecular weight excluding hydrogens is 384 g/mol. The van der Waals surface area contributed by atoms with E-state index in [1.165, 1.54) is 0 Å². The number of pyridine rings is 1. The van der Waals surface area contributed by atoms with E-state index in [4.69, 9.17) is 4.84 Å². The predicted molar refractivity (Wildman–Crippen MR) is 104 cm³/mol. The van der Waals surface area contributed by atoms with Gasteiger partial charge in [-0.05, 0) is 52.6 Å². The molecule has 0 N–H and O–H groups in total. The lowest BCUT2D eigenvalue weighted by Gasteiger charge is -2.14. The Morgan fingerprint density at radius 2 is 1.93 bits per heavy atom. The first-order valence-electron chi connectivity index (χ1n) is 8.49. The van der Waals surface area contributed by atoms with Gasteiger partial charge in [-0.1, -0.05) is 29.9 Å². The minimum atomic E-state index is -0.699. The summed E-state index contributed by atoms with van der Waals surface area (Å²) in [5.41, 5.74) is 2.47. The van der Waals surface area contributed by atoms with Crippen LogP contribution in [0.25, 0.3) is 0 Å². The second-order valence-corrected chi connectivity index (χ2v) is 8.13. The molecule has 0 spiro atoms. The number of aryl methyl sites for hydroxylation is 1. The van der Waals surface area contributed by atoms with Crippen molar-refractivity contribution in [2.45, 2.75) is 37.0 Å². The minimum Gasteiger partial charge on any atom is -0.325 e. The zero-order valence-electron chi connectivity index (χ0n) is 14.7. The number of hydrogen-bond acceptors (Lipinski definition) is 7. The molecule has 8 heteroatoms. The number of benzene rings is 1. The standard InChI is InChI=1S/C19H18N2O4S2/c1-2-13-11-14(19(24)25-21-17(22)8-9-18(21)23)6-7-15(13)12-26-27-16-5-3-4-10-20-16/h3-7,10-11H,2,8-9,12H2,1H3. The number of hydroxylamine groups is 2. The summed E-state index contributed by atoms with van der Waals surface area (Å²) in [6.07, 6.45) is 2.68. The lowest BCUT2D eigenvalue weighted by Crippen LogP contribution is -2.32. The molecule has 6 nitrogen and oxygen atoms in total. The van der Waals surface area contributed by atoms with Gasteiger partial charge in [-0.15, -0.1) is 5.06 Å². The molecule has 0 bridgehead atoms. The molecule has 2 aromatic rings. The highest BCUT2D eigenvalue weighted by molar-refractivity contribution is 8.76. The van der Waals surface area contributed by atoms with Gasteiger partial charge in [0.2, 0.25) is 0 Å². The van der Waals surface area contributed by atoms with Crippen molar-refractivity contribution in [3.63, 3.8) is 0 Å². The summed E-state index contributed by atoms with van der Waals surface area (Å²) in [5, 5.41) is 1.52. The molecule has 1 saturated heterocycles. The average Bonchev–Trinajstić information content (AvgIpc) is 3.01. The number of nitrogens with zero attached hydrogens (tertiary/aromatic N) is 2. The van der Waals surface area contributed by atoms with E-state index >= 15 is 0 Å². The van der Waals surface area contributed by atoms with Crippen LogP contribution in [0.5, 0.6) is 0 Å². The molecule has 1 fully saturated rings. The minimum absolute atomic E-state index is 0.0798. The van der Waals surface area contributed by atoms with Crippen LogP contribution in [0, 0.1) is 0 Å². The molecule has 3 rings (SSSR count). The smallest absolute Gasteiger partial charge is 0.325 e. The van der Waals surface area contributed by atoms with Crippen LogP contribution in [0.4, 0.5) is 0 Å². The van der Waals surface area contributed by atoms with Crippen LogP contribution in [0.3, 0.4) is 0 Å². The topological polar surface area (TPSA) is 76.6 Å². The number of imide groups is 1. The Kier molecular flexibility index (Phi) is 6.52. The molecule has 140 valence electrons. The third-order valence-corrected chi connectivity index (χ3v) is 6.18. The summed E-state index contributed by atoms with van der Waals surface area (Å²) in [6.45, 7) is 2.01. The molecule has 0 atom stereocenters. The van der Waals surface area contributed by atoms with Gasteiger partial charge in [-0.25, -0.2) is 9.78 Å². The monoisotopic (exact) mass is 402 g/mol. The van der Waals surface area contributed by atoms with Gasteiger partial charge in [0.25, 0.3) is 11.8 Å². The van der Waals surface area contributed by atoms with E-state index in [0.717, 1.165) is 28.3 Å². The maximum atomic E-state index is 12.3. The quantitative estimate of drug-likeness (QED) is 0.515. The fraction of sp³-hybridized carbons (Fsp3) is 0.263. The number of aromatic nitrogens is 1. The second kappa shape index (κ2) is 9.05. The number of carbonyl (C=O) groups is 3. The molecule has 1 aliphatic heterocycles. The number of amides is 2. The highest BCUT2D eigenvalue weighted by Crippen LogP contribution is 2.33. The maximum Gasteiger partial charge on any atom is 0.363 e. The molecule has 1 aromatic carbocycles. The van der Waals surface area contributed by atoms with Gasteiger partial charge in [0.05, 0.1) is 5.56 Å². The number of hydrogen-bond donors (Lipinski definition) is 0. The molecule has 1 aliphatic rings. The average molecular weight is 402 g/mol. The van der Waals surface area contributed by atoms with Gasteiger partial charge in [-0.3, -0.25) is 9.59 Å². The molecule has 0 radical (unpaired) electrons. The fourth-order valence-corrected chi connectivity index (χ4v) is 4.61. The van der Waals surface area contributed by atoms with Crippen molar-refractivity contribution in [1.29, 1.82) is 0 Å². The van der Waals surface area contributed by atoms with Crippen LogP contribution >= 0.6 is 21.6 Å². The molecule has 1 aromatic heterocycles. The van der Waals surface area contributed by atoms with Crippen LogP contribution in [0.15, 0.2) is 47.6 Å². The van der Waals surface area contributed by atoms with Gasteiger partial charge in [0.15, 0.2) is 0 Å². The highest BCUT2D eigenvalue weighted by Gasteiger charge is 2.33. The summed E-state index contributed by atoms with van der Waals surface area (Å²) in [7, 11) is 3.27. The summed E-state index contributed by atoms with van der Waals surface area (Å²) in [4.78, 5) is 44.7. The Labute approximate surface area is 165 Å². The van der Waals surface area contributed by atoms with E-state index in [1.54, 1.807) is 39.9 Å². The maximum absolute atomic E-state index is 12.3. The summed E-state index contributed by atoms with van der Waals surface area (Å²) in [5.74, 6) is -0.898. The molecule has 0 unspecified atom stereocenters. The number of carbonyl (C=O) groups excluding carboxylic acids is 3. The predicted octanol–water partition coefficient (Wildman–Crippen LogP) is 3.81. The first-order chi connectivity index (χ1) is 13.1. The van der Waals surface area contributed by atoms with Gasteiger partial charge in [-0.2, -0.15) is 0 Å². The van der Waals surface area contributed by atoms with E-state index in [2.05, 4.69) is 4.98 Å². The Morgan fingerprint density at radius 3 is 2.59 bits per heavy atom. The second-order valence-electron chi connectivity index (χ2n) is 5.81. The number of rotatable bonds is 7. The van der Waals surface area contributed by atoms with Crippen LogP contribution in [0.2, 0.25) is 0 Å². The summed E-state index contributed by atoms with van der Waals surface area (Å²) < 4.78 is 0. The highest BCUT2D eigenvalue weighted by atomic mass is 33.1. The first kappa shape index (κ1) is 19.4. The lowest BCUT2D eigenvalue weighted by atomic mass is 10.0. The zero-order chi connectivity index (χ0) is 19.2. The van der Waals surface area contributed by atoms with Crippen molar-refractivity contribution < 1.29 is 19.2 Å². The van der Waals surface area contributed by atoms with Gasteiger partial charge in [0, 0.05) is 24.8 Å². The lowest BCUT2D eigenvalue weighted by molar-refractivity contribution is -0.172. The van der Waals surface area contributed by atoms with E-state index in [-0.39, 0.29) is 12.8 Å². The van der Waals surface area contributed by atoms with Crippen molar-refractivity contribution in [2.24, 2.45) is 0 Å². The zero-order valence-corrected chi connectivity index (χ0v) is 16.3. The van der Waals surface area contributed by atoms with Gasteiger partial charge >= 0.3 is 5.97 Å². The third-order valence-electron chi connectivity index (χ3n) is 4.00. The Hall–Kier alpha value is -2.32. The van der Waals surface area contributed by atoms with E-state index < -0.39 is 17.8 Å². The van der Waals surface area contributed by atoms with Crippen LogP contribution < -0.4 is 0 Å². The van der Waals surface area contributed by atoms with Crippen molar-refractivity contribution in [3.05, 3.63) is 59.3 Å². The Morgan fingerprint density at radius 1 is 1.15 bits per heavy atom. The molecule has 2 heterocycles. The third kappa shape index (κ3) is 4.90. The van der Waals surface area contributed by atoms with E-state index in [9.17, 15) is 14.4 Å². The summed E-state index contributed by atoms with van der Waals surface area (Å²) in [6, 6.07) is 11.1. The van der Waals surface area contributed by atoms with Gasteiger partial charge < -0.3 is 4.84 Å². The largest absolute Gasteiger partial charge is 0.363 e. The van der Waals surface area contributed by atoms with Crippen molar-refractivity contribution >= 4 is 39.4 Å². The van der Waals surface area contributed by atoms with Gasteiger partial charge in [0.1, 0.15) is 5.03 Å². The molecule has 0 aliphatic carbocycles.